The second kappa shape index (κ2) is 3.18. The zero-order valence-corrected chi connectivity index (χ0v) is 7.68. The first kappa shape index (κ1) is 8.47. The van der Waals surface area contributed by atoms with Gasteiger partial charge in [-0.15, -0.1) is 0 Å². The summed E-state index contributed by atoms with van der Waals surface area (Å²) in [4.78, 5) is 0. The number of aromatic nitrogens is 2. The lowest BCUT2D eigenvalue weighted by molar-refractivity contribution is 0.819. The summed E-state index contributed by atoms with van der Waals surface area (Å²) in [6.45, 7) is 6.11. The Labute approximate surface area is 71.6 Å². The normalized spacial score (nSPS) is 10.6. The number of aryl methyl sites for hydroxylation is 1. The maximum Gasteiger partial charge on any atom is 0.0685 e. The van der Waals surface area contributed by atoms with E-state index < -0.39 is 0 Å². The summed E-state index contributed by atoms with van der Waals surface area (Å²) in [5.41, 5.74) is 2.02. The highest BCUT2D eigenvalue weighted by molar-refractivity contribution is 6.31. The Hall–Kier alpha value is -0.630. The van der Waals surface area contributed by atoms with Gasteiger partial charge in [0.05, 0.1) is 16.9 Å². The molecule has 0 spiro atoms. The quantitative estimate of drug-likeness (QED) is 0.648. The molecule has 1 aromatic rings. The summed E-state index contributed by atoms with van der Waals surface area (Å²) in [7, 11) is 0. The molecule has 0 saturated heterocycles. The first-order valence-electron chi connectivity index (χ1n) is 3.60. The first-order valence-corrected chi connectivity index (χ1v) is 3.98. The largest absolute Gasteiger partial charge is 0.157 e. The Morgan fingerprint density at radius 2 is 2.09 bits per heavy atom. The second-order valence-electron chi connectivity index (χ2n) is 2.85. The van der Waals surface area contributed by atoms with E-state index in [-0.39, 0.29) is 0 Å². The fourth-order valence-corrected chi connectivity index (χ4v) is 1.55. The third-order valence-corrected chi connectivity index (χ3v) is 1.90. The van der Waals surface area contributed by atoms with E-state index in [1.165, 1.54) is 0 Å². The summed E-state index contributed by atoms with van der Waals surface area (Å²) in [5, 5.41) is 8.39. The van der Waals surface area contributed by atoms with Crippen molar-refractivity contribution in [2.45, 2.75) is 26.7 Å². The Bertz CT molecular complexity index is 238. The van der Waals surface area contributed by atoms with Crippen LogP contribution in [0.3, 0.4) is 0 Å². The molecule has 0 bridgehead atoms. The van der Waals surface area contributed by atoms with E-state index in [4.69, 9.17) is 11.6 Å². The van der Waals surface area contributed by atoms with Crippen LogP contribution in [0.25, 0.3) is 0 Å². The van der Waals surface area contributed by atoms with Crippen LogP contribution < -0.4 is 0 Å². The van der Waals surface area contributed by atoms with Crippen molar-refractivity contribution >= 4 is 11.6 Å². The highest BCUT2D eigenvalue weighted by Crippen LogP contribution is 2.24. The van der Waals surface area contributed by atoms with E-state index in [9.17, 15) is 0 Å². The molecule has 0 saturated carbocycles. The topological polar surface area (TPSA) is 25.8 Å². The van der Waals surface area contributed by atoms with Crippen LogP contribution in [0.5, 0.6) is 0 Å². The van der Waals surface area contributed by atoms with Crippen LogP contribution in [0.15, 0.2) is 6.20 Å². The minimum atomic E-state index is 0.415. The summed E-state index contributed by atoms with van der Waals surface area (Å²) in [5.74, 6) is 0.415. The average molecular weight is 171 g/mol. The highest BCUT2D eigenvalue weighted by Gasteiger charge is 2.08. The van der Waals surface area contributed by atoms with E-state index in [0.717, 1.165) is 11.3 Å². The van der Waals surface area contributed by atoms with Gasteiger partial charge in [0.25, 0.3) is 0 Å². The van der Waals surface area contributed by atoms with Crippen molar-refractivity contribution in [1.82, 2.24) is 10.2 Å². The molecule has 0 radical (unpaired) electrons. The lowest BCUT2D eigenvalue weighted by Crippen LogP contribution is -1.97. The van der Waals surface area contributed by atoms with Crippen LogP contribution in [0.4, 0.5) is 0 Å². The van der Waals surface area contributed by atoms with Crippen LogP contribution in [-0.2, 0) is 0 Å². The first-order chi connectivity index (χ1) is 5.13. The lowest BCUT2D eigenvalue weighted by Gasteiger charge is -2.08. The van der Waals surface area contributed by atoms with Crippen molar-refractivity contribution in [3.8, 4) is 0 Å². The number of halogens is 1. The van der Waals surface area contributed by atoms with Crippen LogP contribution in [0.2, 0.25) is 5.02 Å². The van der Waals surface area contributed by atoms with Gasteiger partial charge >= 0.3 is 0 Å². The maximum atomic E-state index is 5.92. The van der Waals surface area contributed by atoms with Gasteiger partial charge in [0.2, 0.25) is 0 Å². The molecular formula is C8H11ClN2. The van der Waals surface area contributed by atoms with Crippen LogP contribution in [0, 0.1) is 6.92 Å². The minimum absolute atomic E-state index is 0.415. The van der Waals surface area contributed by atoms with Crippen molar-refractivity contribution in [1.29, 1.82) is 0 Å². The third-order valence-electron chi connectivity index (χ3n) is 1.60. The maximum absolute atomic E-state index is 5.92. The molecule has 1 aromatic heterocycles. The predicted octanol–water partition coefficient (Wildman–Crippen LogP) is 2.56. The number of hydrogen-bond acceptors (Lipinski definition) is 2. The molecule has 0 aliphatic carbocycles. The monoisotopic (exact) mass is 170 g/mol. The molecule has 0 N–H and O–H groups in total. The molecule has 1 rings (SSSR count). The van der Waals surface area contributed by atoms with Gasteiger partial charge in [-0.25, -0.2) is 0 Å². The second-order valence-corrected chi connectivity index (χ2v) is 3.25. The summed E-state index contributed by atoms with van der Waals surface area (Å²) >= 11 is 5.92. The molecule has 2 nitrogen and oxygen atoms in total. The molecule has 11 heavy (non-hydrogen) atoms. The minimum Gasteiger partial charge on any atom is -0.157 e. The van der Waals surface area contributed by atoms with E-state index in [2.05, 4.69) is 24.0 Å². The van der Waals surface area contributed by atoms with Crippen LogP contribution >= 0.6 is 11.6 Å². The molecule has 0 aliphatic rings. The van der Waals surface area contributed by atoms with Crippen LogP contribution in [0.1, 0.15) is 31.0 Å². The Kier molecular flexibility index (Phi) is 2.45. The molecule has 0 amide bonds. The van der Waals surface area contributed by atoms with Crippen molar-refractivity contribution in [2.75, 3.05) is 0 Å². The van der Waals surface area contributed by atoms with E-state index >= 15 is 0 Å². The standard InChI is InChI=1S/C8H11ClN2/c1-5(2)8-6(3)11-10-4-7(8)9/h4-5H,1-3H3. The van der Waals surface area contributed by atoms with Gasteiger partial charge in [-0.1, -0.05) is 25.4 Å². The van der Waals surface area contributed by atoms with Gasteiger partial charge in [-0.2, -0.15) is 10.2 Å². The zero-order valence-electron chi connectivity index (χ0n) is 6.93. The predicted molar refractivity (Wildman–Crippen MR) is 45.9 cm³/mol. The van der Waals surface area contributed by atoms with Gasteiger partial charge in [0.1, 0.15) is 0 Å². The molecule has 3 heteroatoms. The van der Waals surface area contributed by atoms with Crippen molar-refractivity contribution in [3.63, 3.8) is 0 Å². The summed E-state index contributed by atoms with van der Waals surface area (Å²) in [6, 6.07) is 0. The zero-order chi connectivity index (χ0) is 8.43. The van der Waals surface area contributed by atoms with Gasteiger partial charge < -0.3 is 0 Å². The Morgan fingerprint density at radius 1 is 1.45 bits per heavy atom. The Morgan fingerprint density at radius 3 is 2.45 bits per heavy atom. The summed E-state index contributed by atoms with van der Waals surface area (Å²) < 4.78 is 0. The molecule has 0 atom stereocenters. The van der Waals surface area contributed by atoms with Gasteiger partial charge in [-0.05, 0) is 18.4 Å². The van der Waals surface area contributed by atoms with E-state index in [1.807, 2.05) is 6.92 Å². The fraction of sp³-hybridized carbons (Fsp3) is 0.500. The van der Waals surface area contributed by atoms with Gasteiger partial charge in [0, 0.05) is 0 Å². The van der Waals surface area contributed by atoms with Crippen molar-refractivity contribution in [2.24, 2.45) is 0 Å². The molecule has 0 unspecified atom stereocenters. The van der Waals surface area contributed by atoms with E-state index in [1.54, 1.807) is 6.20 Å². The van der Waals surface area contributed by atoms with Gasteiger partial charge in [0.15, 0.2) is 0 Å². The van der Waals surface area contributed by atoms with Crippen LogP contribution in [-0.4, -0.2) is 10.2 Å². The highest BCUT2D eigenvalue weighted by atomic mass is 35.5. The molecule has 0 aromatic carbocycles. The number of nitrogens with zero attached hydrogens (tertiary/aromatic N) is 2. The smallest absolute Gasteiger partial charge is 0.0685 e. The third kappa shape index (κ3) is 1.69. The Balaban J connectivity index is 3.21. The molecular weight excluding hydrogens is 160 g/mol. The fourth-order valence-electron chi connectivity index (χ4n) is 1.16. The molecule has 60 valence electrons. The van der Waals surface area contributed by atoms with Gasteiger partial charge in [-0.3, -0.25) is 0 Å². The SMILES string of the molecule is Cc1nncc(Cl)c1C(C)C. The summed E-state index contributed by atoms with van der Waals surface area (Å²) in [6.07, 6.45) is 1.59. The number of hydrogen-bond donors (Lipinski definition) is 0. The molecule has 1 heterocycles. The molecule has 0 aliphatic heterocycles. The number of rotatable bonds is 1. The van der Waals surface area contributed by atoms with Crippen molar-refractivity contribution in [3.05, 3.63) is 22.5 Å². The van der Waals surface area contributed by atoms with Crippen molar-refractivity contribution < 1.29 is 0 Å². The average Bonchev–Trinajstić information content (AvgIpc) is 1.85. The lowest BCUT2D eigenvalue weighted by atomic mass is 10.0. The molecule has 0 fully saturated rings. The van der Waals surface area contributed by atoms with E-state index in [0.29, 0.717) is 10.9 Å².